The van der Waals surface area contributed by atoms with Crippen molar-refractivity contribution in [2.75, 3.05) is 26.2 Å². The summed E-state index contributed by atoms with van der Waals surface area (Å²) in [5.74, 6) is 0.720. The summed E-state index contributed by atoms with van der Waals surface area (Å²) in [6, 6.07) is 8.97. The predicted octanol–water partition coefficient (Wildman–Crippen LogP) is 3.08. The molecule has 3 aliphatic rings. The molecule has 0 bridgehead atoms. The van der Waals surface area contributed by atoms with Crippen molar-refractivity contribution in [2.45, 2.75) is 57.2 Å². The zero-order chi connectivity index (χ0) is 20.5. The third-order valence-electron chi connectivity index (χ3n) is 6.60. The predicted molar refractivity (Wildman–Crippen MR) is 117 cm³/mol. The van der Waals surface area contributed by atoms with E-state index < -0.39 is 6.61 Å². The molecule has 160 valence electrons. The molecular weight excluding hydrogens is 398 g/mol. The third-order valence-corrected chi connectivity index (χ3v) is 7.73. The van der Waals surface area contributed by atoms with Crippen molar-refractivity contribution in [3.63, 3.8) is 0 Å². The highest BCUT2D eigenvalue weighted by Gasteiger charge is 2.35. The van der Waals surface area contributed by atoms with Gasteiger partial charge in [-0.3, -0.25) is 4.79 Å². The first-order valence-corrected chi connectivity index (χ1v) is 11.9. The van der Waals surface area contributed by atoms with E-state index in [9.17, 15) is 4.79 Å². The molecule has 7 heteroatoms. The molecule has 6 nitrogen and oxygen atoms in total. The number of benzene rings is 1. The van der Waals surface area contributed by atoms with Crippen LogP contribution >= 0.6 is 11.3 Å². The summed E-state index contributed by atoms with van der Waals surface area (Å²) in [7, 11) is 0. The van der Waals surface area contributed by atoms with E-state index in [0.29, 0.717) is 25.2 Å². The van der Waals surface area contributed by atoms with Crippen LogP contribution in [0.3, 0.4) is 0 Å². The minimum Gasteiger partial charge on any atom is -0.490 e. The standard InChI is InChI=1S/C23H29N3O3S/c27-15-22(28)26-11-8-20-21(14-26)30-23(24-20)16-4-6-18(7-5-16)29-19-12-17(13-19)25-9-2-1-3-10-25/h4-7,17,19,27H,1-3,8-15H2. The van der Waals surface area contributed by atoms with E-state index in [-0.39, 0.29) is 5.91 Å². The lowest BCUT2D eigenvalue weighted by Gasteiger charge is -2.44. The lowest BCUT2D eigenvalue weighted by molar-refractivity contribution is -0.135. The number of rotatable bonds is 5. The number of hydrogen-bond donors (Lipinski definition) is 1. The summed E-state index contributed by atoms with van der Waals surface area (Å²) >= 11 is 1.64. The molecule has 5 rings (SSSR count). The Morgan fingerprint density at radius 3 is 2.63 bits per heavy atom. The van der Waals surface area contributed by atoms with Gasteiger partial charge in [0.1, 0.15) is 23.5 Å². The first-order chi connectivity index (χ1) is 14.7. The summed E-state index contributed by atoms with van der Waals surface area (Å²) in [6.45, 7) is 3.27. The second-order valence-electron chi connectivity index (χ2n) is 8.60. The van der Waals surface area contributed by atoms with E-state index in [1.54, 1.807) is 16.2 Å². The molecular formula is C23H29N3O3S. The van der Waals surface area contributed by atoms with Crippen LogP contribution in [-0.4, -0.2) is 64.2 Å². The van der Waals surface area contributed by atoms with E-state index in [1.165, 1.54) is 32.4 Å². The molecule has 0 atom stereocenters. The number of thiazole rings is 1. The summed E-state index contributed by atoms with van der Waals surface area (Å²) in [6.07, 6.45) is 7.45. The number of carbonyl (C=O) groups is 1. The SMILES string of the molecule is O=C(CO)N1CCc2nc(-c3ccc(OC4CC(N5CCCCC5)C4)cc3)sc2C1. The second kappa shape index (κ2) is 8.65. The number of likely N-dealkylation sites (tertiary alicyclic amines) is 1. The maximum Gasteiger partial charge on any atom is 0.248 e. The number of piperidine rings is 1. The van der Waals surface area contributed by atoms with Crippen molar-refractivity contribution in [1.29, 1.82) is 0 Å². The van der Waals surface area contributed by atoms with Crippen LogP contribution in [-0.2, 0) is 17.8 Å². The minimum absolute atomic E-state index is 0.212. The van der Waals surface area contributed by atoms with Gasteiger partial charge in [0.05, 0.1) is 12.2 Å². The minimum atomic E-state index is -0.428. The molecule has 30 heavy (non-hydrogen) atoms. The van der Waals surface area contributed by atoms with Crippen molar-refractivity contribution in [1.82, 2.24) is 14.8 Å². The van der Waals surface area contributed by atoms with Crippen LogP contribution in [0.2, 0.25) is 0 Å². The van der Waals surface area contributed by atoms with Gasteiger partial charge in [0.2, 0.25) is 5.91 Å². The number of aromatic nitrogens is 1. The lowest BCUT2D eigenvalue weighted by atomic mass is 9.86. The number of carbonyl (C=O) groups excluding carboxylic acids is 1. The molecule has 1 aromatic heterocycles. The molecule has 0 unspecified atom stereocenters. The Hall–Kier alpha value is -1.96. The maximum absolute atomic E-state index is 11.8. The van der Waals surface area contributed by atoms with Gasteiger partial charge >= 0.3 is 0 Å². The number of aliphatic hydroxyl groups is 1. The summed E-state index contributed by atoms with van der Waals surface area (Å²) in [5, 5.41) is 10.1. The normalized spacial score (nSPS) is 24.2. The smallest absolute Gasteiger partial charge is 0.248 e. The Kier molecular flexibility index (Phi) is 5.76. The first kappa shape index (κ1) is 20.0. The topological polar surface area (TPSA) is 65.9 Å². The molecule has 1 aliphatic carbocycles. The van der Waals surface area contributed by atoms with Crippen molar-refractivity contribution in [3.05, 3.63) is 34.8 Å². The van der Waals surface area contributed by atoms with Gasteiger partial charge in [0.15, 0.2) is 0 Å². The van der Waals surface area contributed by atoms with E-state index in [1.807, 2.05) is 12.1 Å². The van der Waals surface area contributed by atoms with Crippen molar-refractivity contribution in [3.8, 4) is 16.3 Å². The van der Waals surface area contributed by atoms with E-state index in [0.717, 1.165) is 46.2 Å². The quantitative estimate of drug-likeness (QED) is 0.794. The lowest BCUT2D eigenvalue weighted by Crippen LogP contribution is -2.50. The van der Waals surface area contributed by atoms with E-state index in [2.05, 4.69) is 17.0 Å². The fraction of sp³-hybridized carbons (Fsp3) is 0.565. The number of hydrogen-bond acceptors (Lipinski definition) is 6. The van der Waals surface area contributed by atoms with Gasteiger partial charge in [0.25, 0.3) is 0 Å². The Bertz CT molecular complexity index is 886. The van der Waals surface area contributed by atoms with Gasteiger partial charge in [-0.2, -0.15) is 0 Å². The van der Waals surface area contributed by atoms with Crippen LogP contribution in [0, 0.1) is 0 Å². The number of ether oxygens (including phenoxy) is 1. The molecule has 1 amide bonds. The van der Waals surface area contributed by atoms with Crippen LogP contribution in [0.25, 0.3) is 10.6 Å². The summed E-state index contributed by atoms with van der Waals surface area (Å²) in [5.41, 5.74) is 2.16. The number of aliphatic hydroxyl groups excluding tert-OH is 1. The van der Waals surface area contributed by atoms with Gasteiger partial charge in [-0.1, -0.05) is 6.42 Å². The van der Waals surface area contributed by atoms with Gasteiger partial charge < -0.3 is 19.6 Å². The van der Waals surface area contributed by atoms with E-state index >= 15 is 0 Å². The van der Waals surface area contributed by atoms with Crippen LogP contribution < -0.4 is 4.74 Å². The van der Waals surface area contributed by atoms with Crippen LogP contribution in [0.4, 0.5) is 0 Å². The monoisotopic (exact) mass is 427 g/mol. The molecule has 1 aromatic carbocycles. The summed E-state index contributed by atoms with van der Waals surface area (Å²) in [4.78, 5) is 22.0. The van der Waals surface area contributed by atoms with Gasteiger partial charge in [-0.15, -0.1) is 11.3 Å². The molecule has 1 saturated carbocycles. The maximum atomic E-state index is 11.8. The van der Waals surface area contributed by atoms with Crippen molar-refractivity contribution < 1.29 is 14.6 Å². The fourth-order valence-electron chi connectivity index (χ4n) is 4.72. The Morgan fingerprint density at radius 2 is 1.90 bits per heavy atom. The Balaban J connectivity index is 1.17. The third kappa shape index (κ3) is 4.11. The molecule has 2 aliphatic heterocycles. The molecule has 0 spiro atoms. The largest absolute Gasteiger partial charge is 0.490 e. The molecule has 0 radical (unpaired) electrons. The van der Waals surface area contributed by atoms with Crippen molar-refractivity contribution >= 4 is 17.2 Å². The zero-order valence-corrected chi connectivity index (χ0v) is 18.1. The highest BCUT2D eigenvalue weighted by atomic mass is 32.1. The van der Waals surface area contributed by atoms with Crippen molar-refractivity contribution in [2.24, 2.45) is 0 Å². The van der Waals surface area contributed by atoms with Crippen LogP contribution in [0.1, 0.15) is 42.7 Å². The zero-order valence-electron chi connectivity index (χ0n) is 17.3. The molecule has 3 heterocycles. The average molecular weight is 428 g/mol. The molecule has 1 N–H and O–H groups in total. The number of fused-ring (bicyclic) bond motifs is 1. The van der Waals surface area contributed by atoms with Gasteiger partial charge in [-0.25, -0.2) is 4.98 Å². The highest BCUT2D eigenvalue weighted by Crippen LogP contribution is 2.34. The van der Waals surface area contributed by atoms with E-state index in [4.69, 9.17) is 14.8 Å². The highest BCUT2D eigenvalue weighted by molar-refractivity contribution is 7.15. The summed E-state index contributed by atoms with van der Waals surface area (Å²) < 4.78 is 6.18. The Morgan fingerprint density at radius 1 is 1.13 bits per heavy atom. The second-order valence-corrected chi connectivity index (χ2v) is 9.68. The number of nitrogens with zero attached hydrogens (tertiary/aromatic N) is 3. The van der Waals surface area contributed by atoms with Gasteiger partial charge in [-0.05, 0) is 50.2 Å². The van der Waals surface area contributed by atoms with Gasteiger partial charge in [0, 0.05) is 42.3 Å². The molecule has 2 aromatic rings. The fourth-order valence-corrected chi connectivity index (χ4v) is 5.85. The average Bonchev–Trinajstić information content (AvgIpc) is 3.20. The number of amides is 1. The molecule has 1 saturated heterocycles. The van der Waals surface area contributed by atoms with Crippen LogP contribution in [0.15, 0.2) is 24.3 Å². The Labute approximate surface area is 181 Å². The first-order valence-electron chi connectivity index (χ1n) is 11.1. The van der Waals surface area contributed by atoms with Crippen LogP contribution in [0.5, 0.6) is 5.75 Å². The molecule has 2 fully saturated rings.